The first-order valence-electron chi connectivity index (χ1n) is 19.1. The molecule has 0 radical (unpaired) electrons. The largest absolute Gasteiger partial charge is 0.506 e. The van der Waals surface area contributed by atoms with Crippen LogP contribution in [0.3, 0.4) is 0 Å². The predicted molar refractivity (Wildman–Crippen MR) is 209 cm³/mol. The molecule has 2 aromatic heterocycles. The third-order valence-corrected chi connectivity index (χ3v) is 10.5. The molecule has 0 aliphatic carbocycles. The van der Waals surface area contributed by atoms with Gasteiger partial charge in [-0.25, -0.2) is 9.59 Å². The Morgan fingerprint density at radius 2 is 1.77 bits per heavy atom. The van der Waals surface area contributed by atoms with Crippen LogP contribution in [0.4, 0.5) is 4.79 Å². The number of carbonyl (C=O) groups excluding carboxylic acids is 2. The van der Waals surface area contributed by atoms with E-state index in [0.29, 0.717) is 53.1 Å². The van der Waals surface area contributed by atoms with Gasteiger partial charge >= 0.3 is 12.1 Å². The van der Waals surface area contributed by atoms with E-state index < -0.39 is 24.2 Å². The highest BCUT2D eigenvalue weighted by Gasteiger charge is 2.37. The summed E-state index contributed by atoms with van der Waals surface area (Å²) in [5, 5.41) is 27.7. The van der Waals surface area contributed by atoms with Gasteiger partial charge in [-0.2, -0.15) is 0 Å². The summed E-state index contributed by atoms with van der Waals surface area (Å²) in [5.41, 5.74) is 3.31. The van der Waals surface area contributed by atoms with E-state index in [2.05, 4.69) is 25.5 Å². The average molecular weight is 762 g/mol. The number of nitrogens with one attached hydrogen (secondary N) is 3. The zero-order chi connectivity index (χ0) is 38.9. The maximum Gasteiger partial charge on any atom is 0.408 e. The van der Waals surface area contributed by atoms with Crippen LogP contribution < -0.4 is 20.9 Å². The van der Waals surface area contributed by atoms with E-state index in [1.807, 2.05) is 54.6 Å². The number of ether oxygens (including phenoxy) is 3. The van der Waals surface area contributed by atoms with Crippen LogP contribution in [-0.2, 0) is 16.1 Å². The Kier molecular flexibility index (Phi) is 12.6. The lowest BCUT2D eigenvalue weighted by atomic mass is 9.86. The minimum Gasteiger partial charge on any atom is -0.506 e. The number of phenols is 1. The molecule has 3 aromatic carbocycles. The third kappa shape index (κ3) is 9.72. The van der Waals surface area contributed by atoms with Crippen LogP contribution in [0.5, 0.6) is 11.5 Å². The molecule has 0 spiro atoms. The van der Waals surface area contributed by atoms with Crippen LogP contribution in [0.25, 0.3) is 10.9 Å². The maximum atomic E-state index is 13.2. The average Bonchev–Trinajstić information content (AvgIpc) is 3.23. The van der Waals surface area contributed by atoms with Crippen LogP contribution in [0.15, 0.2) is 102 Å². The van der Waals surface area contributed by atoms with Crippen molar-refractivity contribution in [1.82, 2.24) is 25.5 Å². The minimum atomic E-state index is -0.854. The van der Waals surface area contributed by atoms with E-state index in [0.717, 1.165) is 43.6 Å². The normalized spacial score (nSPS) is 18.6. The van der Waals surface area contributed by atoms with E-state index in [9.17, 15) is 24.6 Å². The Bertz CT molecular complexity index is 2170. The number of benzene rings is 3. The zero-order valence-corrected chi connectivity index (χ0v) is 31.1. The highest BCUT2D eigenvalue weighted by Crippen LogP contribution is 2.31. The predicted octanol–water partition coefficient (Wildman–Crippen LogP) is 5.38. The van der Waals surface area contributed by atoms with Crippen molar-refractivity contribution in [2.45, 2.75) is 50.5 Å². The molecule has 5 N–H and O–H groups in total. The number of rotatable bonds is 16. The summed E-state index contributed by atoms with van der Waals surface area (Å²) < 4.78 is 17.6. The van der Waals surface area contributed by atoms with Gasteiger partial charge in [0.25, 0.3) is 0 Å². The van der Waals surface area contributed by atoms with Gasteiger partial charge in [-0.3, -0.25) is 14.7 Å². The SMILES string of the molecule is O=C(NC(c1ccccc1)c1cccc(OCc2cncc(C(=O)OCCCCNCC(O)c3ccc(O)c4[nH]c(=O)ccc34)c2)c1)O[C@H]1CN2CCC1CC2. The fourth-order valence-corrected chi connectivity index (χ4v) is 7.47. The van der Waals surface area contributed by atoms with Gasteiger partial charge in [-0.15, -0.1) is 0 Å². The molecule has 13 nitrogen and oxygen atoms in total. The van der Waals surface area contributed by atoms with E-state index in [4.69, 9.17) is 14.2 Å². The van der Waals surface area contributed by atoms with Crippen molar-refractivity contribution in [3.05, 3.63) is 135 Å². The Hall–Kier alpha value is -5.76. The molecule has 2 unspecified atom stereocenters. The van der Waals surface area contributed by atoms with E-state index in [1.165, 1.54) is 18.3 Å². The van der Waals surface area contributed by atoms with E-state index in [-0.39, 0.29) is 42.7 Å². The number of aromatic amines is 1. The molecule has 5 aromatic rings. The van der Waals surface area contributed by atoms with Crippen molar-refractivity contribution in [2.24, 2.45) is 5.92 Å². The number of esters is 1. The van der Waals surface area contributed by atoms with Gasteiger partial charge in [-0.05, 0) is 98.3 Å². The molecular weight excluding hydrogens is 714 g/mol. The summed E-state index contributed by atoms with van der Waals surface area (Å²) >= 11 is 0. The van der Waals surface area contributed by atoms with Crippen LogP contribution in [0.2, 0.25) is 0 Å². The molecule has 2 bridgehead atoms. The Morgan fingerprint density at radius 1 is 0.946 bits per heavy atom. The van der Waals surface area contributed by atoms with Crippen molar-refractivity contribution in [3.8, 4) is 11.5 Å². The van der Waals surface area contributed by atoms with Crippen LogP contribution in [0.1, 0.15) is 70.4 Å². The fraction of sp³-hybridized carbons (Fsp3) is 0.349. The topological polar surface area (TPSA) is 175 Å². The summed E-state index contributed by atoms with van der Waals surface area (Å²) in [4.78, 5) is 46.9. The van der Waals surface area contributed by atoms with Gasteiger partial charge < -0.3 is 40.0 Å². The number of pyridine rings is 2. The van der Waals surface area contributed by atoms with Crippen molar-refractivity contribution < 1.29 is 34.0 Å². The van der Waals surface area contributed by atoms with E-state index >= 15 is 0 Å². The molecule has 3 aliphatic rings. The lowest BCUT2D eigenvalue weighted by Crippen LogP contribution is -2.52. The van der Waals surface area contributed by atoms with Crippen LogP contribution >= 0.6 is 0 Å². The molecular formula is C43H47N5O8. The number of aliphatic hydroxyl groups excluding tert-OH is 1. The number of aromatic nitrogens is 2. The second kappa shape index (κ2) is 18.2. The zero-order valence-electron chi connectivity index (χ0n) is 31.1. The molecule has 3 saturated heterocycles. The van der Waals surface area contributed by atoms with Gasteiger partial charge in [-0.1, -0.05) is 48.5 Å². The molecule has 5 heterocycles. The Balaban J connectivity index is 0.866. The molecule has 56 heavy (non-hydrogen) atoms. The lowest BCUT2D eigenvalue weighted by Gasteiger charge is -2.43. The number of hydrogen-bond donors (Lipinski definition) is 5. The van der Waals surface area contributed by atoms with E-state index in [1.54, 1.807) is 24.4 Å². The second-order valence-corrected chi connectivity index (χ2v) is 14.4. The highest BCUT2D eigenvalue weighted by molar-refractivity contribution is 5.89. The van der Waals surface area contributed by atoms with Crippen molar-refractivity contribution in [2.75, 3.05) is 39.3 Å². The number of carbonyl (C=O) groups is 2. The summed E-state index contributed by atoms with van der Waals surface area (Å²) in [6.07, 6.45) is 5.14. The summed E-state index contributed by atoms with van der Waals surface area (Å²) in [6.45, 7) is 4.16. The number of nitrogens with zero attached hydrogens (tertiary/aromatic N) is 2. The van der Waals surface area contributed by atoms with Gasteiger partial charge in [0, 0.05) is 42.5 Å². The third-order valence-electron chi connectivity index (χ3n) is 10.5. The van der Waals surface area contributed by atoms with Gasteiger partial charge in [0.05, 0.1) is 29.8 Å². The molecule has 8 rings (SSSR count). The highest BCUT2D eigenvalue weighted by atomic mass is 16.6. The fourth-order valence-electron chi connectivity index (χ4n) is 7.47. The smallest absolute Gasteiger partial charge is 0.408 e. The number of aliphatic hydroxyl groups is 1. The minimum absolute atomic E-state index is 0.0598. The quantitative estimate of drug-likeness (QED) is 0.0645. The molecule has 292 valence electrons. The number of piperidine rings is 3. The molecule has 3 aliphatic heterocycles. The maximum absolute atomic E-state index is 13.2. The number of amides is 1. The number of alkyl carbamates (subject to hydrolysis) is 1. The monoisotopic (exact) mass is 761 g/mol. The van der Waals surface area contributed by atoms with Gasteiger partial charge in [0.15, 0.2) is 0 Å². The van der Waals surface area contributed by atoms with Gasteiger partial charge in [0.1, 0.15) is 24.2 Å². The molecule has 13 heteroatoms. The number of H-pyrrole nitrogens is 1. The number of aromatic hydroxyl groups is 1. The lowest BCUT2D eigenvalue weighted by molar-refractivity contribution is -0.0336. The Labute approximate surface area is 324 Å². The number of fused-ring (bicyclic) bond motifs is 4. The summed E-state index contributed by atoms with van der Waals surface area (Å²) in [5.74, 6) is 0.461. The number of unbranched alkanes of at least 4 members (excludes halogenated alkanes) is 1. The van der Waals surface area contributed by atoms with Crippen molar-refractivity contribution in [1.29, 1.82) is 0 Å². The molecule has 3 fully saturated rings. The van der Waals surface area contributed by atoms with Gasteiger partial charge in [0.2, 0.25) is 5.56 Å². The van der Waals surface area contributed by atoms with Crippen LogP contribution in [-0.4, -0.2) is 82.6 Å². The first-order chi connectivity index (χ1) is 27.3. The van der Waals surface area contributed by atoms with Crippen molar-refractivity contribution >= 4 is 23.0 Å². The first kappa shape index (κ1) is 38.5. The standard InChI is InChI=1S/C43H47N5O8/c49-36-13-11-34(35-12-14-39(51)46-41(35)36)37(50)25-44-17-4-5-20-54-42(52)32-21-28(23-45-24-32)27-55-33-10-6-9-31(22-33)40(30-7-2-1-3-8-30)47-43(53)56-38-26-48-18-15-29(38)16-19-48/h1-3,6-14,21-24,29,37-38,40,44,49-50H,4-5,15-20,25-27H2,(H,46,51)(H,47,53)/t37?,38-,40?/m0/s1. The van der Waals surface area contributed by atoms with Crippen molar-refractivity contribution in [3.63, 3.8) is 0 Å². The summed E-state index contributed by atoms with van der Waals surface area (Å²) in [6, 6.07) is 24.6. The Morgan fingerprint density at radius 3 is 2.57 bits per heavy atom. The second-order valence-electron chi connectivity index (χ2n) is 14.4. The first-order valence-corrected chi connectivity index (χ1v) is 19.1. The number of phenolic OH excluding ortho intramolecular Hbond substituents is 1. The van der Waals surface area contributed by atoms with Crippen LogP contribution in [0, 0.1) is 5.92 Å². The molecule has 0 saturated carbocycles. The summed E-state index contributed by atoms with van der Waals surface area (Å²) in [7, 11) is 0. The number of hydrogen-bond acceptors (Lipinski definition) is 11. The molecule has 3 atom stereocenters. The molecule has 1 amide bonds.